The van der Waals surface area contributed by atoms with Gasteiger partial charge in [0, 0.05) is 18.1 Å². The van der Waals surface area contributed by atoms with Gasteiger partial charge in [0.1, 0.15) is 5.56 Å². The van der Waals surface area contributed by atoms with Gasteiger partial charge in [-0.05, 0) is 37.3 Å². The summed E-state index contributed by atoms with van der Waals surface area (Å²) < 4.78 is 16.6. The molecule has 1 unspecified atom stereocenters. The van der Waals surface area contributed by atoms with Gasteiger partial charge >= 0.3 is 0 Å². The van der Waals surface area contributed by atoms with Crippen molar-refractivity contribution in [3.63, 3.8) is 0 Å². The standard InChI is InChI=1S/C18H21BrFN3O/c1-3-14-16(17(20)22(2)21-14)18(24)23-11-7-6-10-15(23)12-8-4-5-9-13(12)19/h4-5,8-9,15H,3,6-7,10-11H2,1-2H3. The number of piperidine rings is 1. The number of rotatable bonds is 3. The van der Waals surface area contributed by atoms with E-state index in [1.807, 2.05) is 36.1 Å². The summed E-state index contributed by atoms with van der Waals surface area (Å²) in [6.45, 7) is 2.53. The van der Waals surface area contributed by atoms with Gasteiger partial charge < -0.3 is 4.90 Å². The molecule has 1 saturated heterocycles. The van der Waals surface area contributed by atoms with Gasteiger partial charge in [-0.3, -0.25) is 4.79 Å². The number of amides is 1. The Hall–Kier alpha value is -1.69. The molecule has 1 aliphatic heterocycles. The van der Waals surface area contributed by atoms with Gasteiger partial charge in [0.05, 0.1) is 11.7 Å². The quantitative estimate of drug-likeness (QED) is 0.781. The molecule has 0 saturated carbocycles. The molecule has 0 aliphatic carbocycles. The van der Waals surface area contributed by atoms with E-state index in [0.717, 1.165) is 34.0 Å². The summed E-state index contributed by atoms with van der Waals surface area (Å²) in [5.74, 6) is -0.800. The molecule has 1 aliphatic rings. The maximum atomic E-state index is 14.5. The van der Waals surface area contributed by atoms with Crippen molar-refractivity contribution in [2.24, 2.45) is 7.05 Å². The van der Waals surface area contributed by atoms with E-state index < -0.39 is 5.95 Å². The van der Waals surface area contributed by atoms with E-state index in [4.69, 9.17) is 0 Å². The minimum Gasteiger partial charge on any atom is -0.331 e. The predicted octanol–water partition coefficient (Wildman–Crippen LogP) is 4.25. The molecule has 1 atom stereocenters. The Kier molecular flexibility index (Phi) is 5.04. The molecule has 1 aromatic heterocycles. The third-order valence-electron chi connectivity index (χ3n) is 4.63. The predicted molar refractivity (Wildman–Crippen MR) is 94.3 cm³/mol. The number of carbonyl (C=O) groups excluding carboxylic acids is 1. The van der Waals surface area contributed by atoms with Gasteiger partial charge in [0.25, 0.3) is 5.91 Å². The van der Waals surface area contributed by atoms with Crippen molar-refractivity contribution in [2.45, 2.75) is 38.6 Å². The molecule has 3 rings (SSSR count). The number of hydrogen-bond acceptors (Lipinski definition) is 2. The summed E-state index contributed by atoms with van der Waals surface area (Å²) in [6.07, 6.45) is 3.42. The molecule has 0 spiro atoms. The number of likely N-dealkylation sites (tertiary alicyclic amines) is 1. The van der Waals surface area contributed by atoms with E-state index >= 15 is 0 Å². The third-order valence-corrected chi connectivity index (χ3v) is 5.35. The number of carbonyl (C=O) groups is 1. The van der Waals surface area contributed by atoms with E-state index in [9.17, 15) is 9.18 Å². The van der Waals surface area contributed by atoms with Gasteiger partial charge in [-0.15, -0.1) is 0 Å². The van der Waals surface area contributed by atoms with E-state index in [0.29, 0.717) is 18.7 Å². The van der Waals surface area contributed by atoms with E-state index in [1.165, 1.54) is 7.05 Å². The van der Waals surface area contributed by atoms with Gasteiger partial charge in [-0.1, -0.05) is 41.1 Å². The summed E-state index contributed by atoms with van der Waals surface area (Å²) >= 11 is 3.58. The van der Waals surface area contributed by atoms with Crippen LogP contribution in [0.25, 0.3) is 0 Å². The molecule has 1 amide bonds. The van der Waals surface area contributed by atoms with Crippen molar-refractivity contribution in [2.75, 3.05) is 6.54 Å². The summed E-state index contributed by atoms with van der Waals surface area (Å²) in [6, 6.07) is 7.90. The Labute approximate surface area is 149 Å². The van der Waals surface area contributed by atoms with Crippen molar-refractivity contribution < 1.29 is 9.18 Å². The van der Waals surface area contributed by atoms with E-state index in [1.54, 1.807) is 0 Å². The Bertz CT molecular complexity index is 759. The SMILES string of the molecule is CCc1nn(C)c(F)c1C(=O)N1CCCCC1c1ccccc1Br. The van der Waals surface area contributed by atoms with Crippen LogP contribution in [-0.2, 0) is 13.5 Å². The number of aromatic nitrogens is 2. The normalized spacial score (nSPS) is 18.0. The molecule has 24 heavy (non-hydrogen) atoms. The zero-order valence-electron chi connectivity index (χ0n) is 13.9. The lowest BCUT2D eigenvalue weighted by atomic mass is 9.94. The average Bonchev–Trinajstić information content (AvgIpc) is 2.89. The number of halogens is 2. The van der Waals surface area contributed by atoms with Gasteiger partial charge in [-0.2, -0.15) is 9.49 Å². The number of hydrogen-bond donors (Lipinski definition) is 0. The van der Waals surface area contributed by atoms with Crippen LogP contribution >= 0.6 is 15.9 Å². The Morgan fingerprint density at radius 3 is 2.83 bits per heavy atom. The molecule has 2 aromatic rings. The average molecular weight is 394 g/mol. The molecule has 0 radical (unpaired) electrons. The fraction of sp³-hybridized carbons (Fsp3) is 0.444. The van der Waals surface area contributed by atoms with Crippen LogP contribution in [0.2, 0.25) is 0 Å². The van der Waals surface area contributed by atoms with Gasteiger partial charge in [0.15, 0.2) is 0 Å². The minimum absolute atomic E-state index is 0.0360. The molecule has 128 valence electrons. The lowest BCUT2D eigenvalue weighted by Gasteiger charge is -2.36. The lowest BCUT2D eigenvalue weighted by molar-refractivity contribution is 0.0604. The molecule has 2 heterocycles. The Morgan fingerprint density at radius 2 is 2.12 bits per heavy atom. The van der Waals surface area contributed by atoms with Crippen LogP contribution in [-0.4, -0.2) is 27.1 Å². The lowest BCUT2D eigenvalue weighted by Crippen LogP contribution is -2.39. The second-order valence-corrected chi connectivity index (χ2v) is 6.98. The third kappa shape index (κ3) is 2.99. The highest BCUT2D eigenvalue weighted by Gasteiger charge is 2.33. The highest BCUT2D eigenvalue weighted by Crippen LogP contribution is 2.36. The summed E-state index contributed by atoms with van der Waals surface area (Å²) in [7, 11) is 1.53. The van der Waals surface area contributed by atoms with Crippen LogP contribution in [0.3, 0.4) is 0 Å². The van der Waals surface area contributed by atoms with Crippen LogP contribution in [0, 0.1) is 5.95 Å². The first-order valence-electron chi connectivity index (χ1n) is 8.31. The summed E-state index contributed by atoms with van der Waals surface area (Å²) in [5, 5.41) is 4.14. The second-order valence-electron chi connectivity index (χ2n) is 6.12. The van der Waals surface area contributed by atoms with Crippen LogP contribution in [0.5, 0.6) is 0 Å². The molecule has 4 nitrogen and oxygen atoms in total. The number of nitrogens with zero attached hydrogens (tertiary/aromatic N) is 3. The highest BCUT2D eigenvalue weighted by molar-refractivity contribution is 9.10. The monoisotopic (exact) mass is 393 g/mol. The molecule has 1 fully saturated rings. The first-order chi connectivity index (χ1) is 11.5. The molecule has 0 N–H and O–H groups in total. The minimum atomic E-state index is -0.548. The van der Waals surface area contributed by atoms with Gasteiger partial charge in [0.2, 0.25) is 5.95 Å². The van der Waals surface area contributed by atoms with Crippen LogP contribution in [0.15, 0.2) is 28.7 Å². The summed E-state index contributed by atoms with van der Waals surface area (Å²) in [4.78, 5) is 14.9. The fourth-order valence-corrected chi connectivity index (χ4v) is 3.95. The highest BCUT2D eigenvalue weighted by atomic mass is 79.9. The molecule has 6 heteroatoms. The van der Waals surface area contributed by atoms with Crippen molar-refractivity contribution in [1.29, 1.82) is 0 Å². The van der Waals surface area contributed by atoms with E-state index in [2.05, 4.69) is 21.0 Å². The second kappa shape index (κ2) is 7.05. The van der Waals surface area contributed by atoms with Crippen molar-refractivity contribution in [1.82, 2.24) is 14.7 Å². The number of benzene rings is 1. The van der Waals surface area contributed by atoms with Crippen LogP contribution < -0.4 is 0 Å². The zero-order chi connectivity index (χ0) is 17.3. The smallest absolute Gasteiger partial charge is 0.260 e. The molecular weight excluding hydrogens is 373 g/mol. The maximum absolute atomic E-state index is 14.5. The molecule has 1 aromatic carbocycles. The number of aryl methyl sites for hydroxylation is 2. The van der Waals surface area contributed by atoms with Gasteiger partial charge in [-0.25, -0.2) is 4.68 Å². The van der Waals surface area contributed by atoms with Crippen molar-refractivity contribution in [3.05, 3.63) is 51.5 Å². The first-order valence-corrected chi connectivity index (χ1v) is 9.10. The fourth-order valence-electron chi connectivity index (χ4n) is 3.40. The molecule has 0 bridgehead atoms. The van der Waals surface area contributed by atoms with Crippen LogP contribution in [0.1, 0.15) is 53.8 Å². The molecular formula is C18H21BrFN3O. The Morgan fingerprint density at radius 1 is 1.38 bits per heavy atom. The summed E-state index contributed by atoms with van der Waals surface area (Å²) in [5.41, 5.74) is 1.73. The van der Waals surface area contributed by atoms with Crippen molar-refractivity contribution >= 4 is 21.8 Å². The maximum Gasteiger partial charge on any atom is 0.260 e. The Balaban J connectivity index is 2.00. The topological polar surface area (TPSA) is 38.1 Å². The van der Waals surface area contributed by atoms with Crippen molar-refractivity contribution in [3.8, 4) is 0 Å². The van der Waals surface area contributed by atoms with E-state index in [-0.39, 0.29) is 17.5 Å². The largest absolute Gasteiger partial charge is 0.331 e. The van der Waals surface area contributed by atoms with Crippen LogP contribution in [0.4, 0.5) is 4.39 Å². The first kappa shape index (κ1) is 17.1. The zero-order valence-corrected chi connectivity index (χ0v) is 15.5.